The molecule has 1 spiro atoms. The van der Waals surface area contributed by atoms with E-state index in [1.54, 1.807) is 11.6 Å². The lowest BCUT2D eigenvalue weighted by Gasteiger charge is -2.63. The van der Waals surface area contributed by atoms with Crippen molar-refractivity contribution in [2.45, 2.75) is 37.8 Å². The van der Waals surface area contributed by atoms with Crippen LogP contribution in [0.4, 0.5) is 5.69 Å². The second-order valence-electron chi connectivity index (χ2n) is 7.06. The van der Waals surface area contributed by atoms with Crippen LogP contribution in [0.15, 0.2) is 27.4 Å². The van der Waals surface area contributed by atoms with Gasteiger partial charge in [-0.1, -0.05) is 6.42 Å². The first-order valence-electron chi connectivity index (χ1n) is 8.17. The molecule has 5 rings (SSSR count). The summed E-state index contributed by atoms with van der Waals surface area (Å²) in [5.74, 6) is 0.333. The Balaban J connectivity index is 1.48. The van der Waals surface area contributed by atoms with Crippen molar-refractivity contribution in [2.24, 2.45) is 18.4 Å². The van der Waals surface area contributed by atoms with Crippen LogP contribution in [0.5, 0.6) is 0 Å². The summed E-state index contributed by atoms with van der Waals surface area (Å²) in [4.78, 5) is 11.6. The summed E-state index contributed by atoms with van der Waals surface area (Å²) >= 11 is 0. The van der Waals surface area contributed by atoms with E-state index in [0.717, 1.165) is 24.2 Å². The Kier molecular flexibility index (Phi) is 2.41. The second kappa shape index (κ2) is 4.16. The van der Waals surface area contributed by atoms with E-state index in [-0.39, 0.29) is 5.76 Å². The predicted molar refractivity (Wildman–Crippen MR) is 83.0 cm³/mol. The molecule has 0 amide bonds. The highest BCUT2D eigenvalue weighted by Gasteiger charge is 2.66. The lowest BCUT2D eigenvalue weighted by molar-refractivity contribution is -0.158. The molecule has 2 aromatic rings. The summed E-state index contributed by atoms with van der Waals surface area (Å²) in [5, 5.41) is 3.73. The highest BCUT2D eigenvalue weighted by Crippen LogP contribution is 2.63. The minimum atomic E-state index is -0.310. The Hall–Kier alpha value is -1.75. The van der Waals surface area contributed by atoms with E-state index < -0.39 is 0 Å². The molecule has 1 aromatic heterocycles. The summed E-state index contributed by atoms with van der Waals surface area (Å²) in [5.41, 5.74) is 2.92. The molecule has 1 saturated heterocycles. The molecule has 1 aliphatic heterocycles. The quantitative estimate of drug-likeness (QED) is 0.926. The number of oxazole rings is 1. The van der Waals surface area contributed by atoms with Crippen LogP contribution in [-0.2, 0) is 11.8 Å². The number of nitrogens with zero attached hydrogens (tertiary/aromatic N) is 1. The van der Waals surface area contributed by atoms with Gasteiger partial charge in [-0.3, -0.25) is 4.57 Å². The first kappa shape index (κ1) is 12.8. The molecule has 0 radical (unpaired) electrons. The van der Waals surface area contributed by atoms with Crippen molar-refractivity contribution in [1.82, 2.24) is 4.57 Å². The van der Waals surface area contributed by atoms with Gasteiger partial charge in [-0.15, -0.1) is 0 Å². The molecular formula is C17H20N2O3. The molecule has 22 heavy (non-hydrogen) atoms. The van der Waals surface area contributed by atoms with Crippen LogP contribution < -0.4 is 11.1 Å². The zero-order valence-electron chi connectivity index (χ0n) is 12.7. The Morgan fingerprint density at radius 2 is 2.23 bits per heavy atom. The number of nitrogens with one attached hydrogen (secondary N) is 1. The van der Waals surface area contributed by atoms with E-state index in [0.29, 0.717) is 29.1 Å². The molecule has 2 aliphatic carbocycles. The fourth-order valence-electron chi connectivity index (χ4n) is 4.85. The molecule has 5 nitrogen and oxygen atoms in total. The molecule has 2 saturated carbocycles. The number of fused-ring (bicyclic) bond motifs is 3. The largest absolute Gasteiger partial charge is 0.419 e. The van der Waals surface area contributed by atoms with Crippen molar-refractivity contribution in [3.05, 3.63) is 28.7 Å². The molecule has 0 bridgehead atoms. The van der Waals surface area contributed by atoms with Crippen LogP contribution in [0.2, 0.25) is 0 Å². The number of aryl methyl sites for hydroxylation is 1. The van der Waals surface area contributed by atoms with Crippen molar-refractivity contribution in [3.63, 3.8) is 0 Å². The minimum Gasteiger partial charge on any atom is -0.408 e. The molecule has 1 aromatic carbocycles. The lowest BCUT2D eigenvalue weighted by atomic mass is 9.46. The molecule has 1 N–H and O–H groups in total. The lowest BCUT2D eigenvalue weighted by Crippen LogP contribution is -2.68. The zero-order valence-corrected chi connectivity index (χ0v) is 12.7. The minimum absolute atomic E-state index is 0.310. The van der Waals surface area contributed by atoms with Gasteiger partial charge in [0.25, 0.3) is 0 Å². The van der Waals surface area contributed by atoms with Crippen molar-refractivity contribution >= 4 is 16.8 Å². The van der Waals surface area contributed by atoms with Gasteiger partial charge in [0.1, 0.15) is 0 Å². The van der Waals surface area contributed by atoms with Gasteiger partial charge in [0.05, 0.1) is 11.6 Å². The molecule has 2 heterocycles. The van der Waals surface area contributed by atoms with E-state index in [4.69, 9.17) is 9.15 Å². The summed E-state index contributed by atoms with van der Waals surface area (Å²) in [6.07, 6.45) is 5.51. The first-order chi connectivity index (χ1) is 10.7. The number of hydrogen-bond donors (Lipinski definition) is 1. The van der Waals surface area contributed by atoms with Gasteiger partial charge in [0.15, 0.2) is 5.58 Å². The van der Waals surface area contributed by atoms with Gasteiger partial charge in [-0.2, -0.15) is 0 Å². The maximum absolute atomic E-state index is 11.6. The highest BCUT2D eigenvalue weighted by atomic mass is 16.5. The number of benzene rings is 1. The molecule has 3 aliphatic rings. The fraction of sp³-hybridized carbons (Fsp3) is 0.588. The van der Waals surface area contributed by atoms with Gasteiger partial charge < -0.3 is 14.5 Å². The normalized spacial score (nSPS) is 31.8. The number of hydrogen-bond acceptors (Lipinski definition) is 4. The van der Waals surface area contributed by atoms with Crippen LogP contribution in [-0.4, -0.2) is 23.3 Å². The van der Waals surface area contributed by atoms with Crippen molar-refractivity contribution in [1.29, 1.82) is 0 Å². The summed E-state index contributed by atoms with van der Waals surface area (Å²) in [7, 11) is 1.75. The predicted octanol–water partition coefficient (Wildman–Crippen LogP) is 2.50. The second-order valence-corrected chi connectivity index (χ2v) is 7.06. The van der Waals surface area contributed by atoms with Crippen molar-refractivity contribution in [3.8, 4) is 0 Å². The number of anilines is 1. The number of rotatable bonds is 2. The number of aromatic nitrogens is 1. The van der Waals surface area contributed by atoms with Gasteiger partial charge in [0, 0.05) is 36.7 Å². The van der Waals surface area contributed by atoms with Gasteiger partial charge in [0.2, 0.25) is 0 Å². The van der Waals surface area contributed by atoms with E-state index >= 15 is 0 Å². The summed E-state index contributed by atoms with van der Waals surface area (Å²) in [6.45, 7) is 0.907. The fourth-order valence-corrected chi connectivity index (χ4v) is 4.85. The first-order valence-corrected chi connectivity index (χ1v) is 8.17. The van der Waals surface area contributed by atoms with E-state index in [2.05, 4.69) is 5.32 Å². The van der Waals surface area contributed by atoms with Crippen LogP contribution >= 0.6 is 0 Å². The Bertz CT molecular complexity index is 802. The third-order valence-electron chi connectivity index (χ3n) is 6.15. The van der Waals surface area contributed by atoms with Gasteiger partial charge >= 0.3 is 5.76 Å². The van der Waals surface area contributed by atoms with Crippen molar-refractivity contribution in [2.75, 3.05) is 11.9 Å². The number of ether oxygens (including phenoxy) is 1. The Morgan fingerprint density at radius 1 is 1.36 bits per heavy atom. The smallest absolute Gasteiger partial charge is 0.408 e. The molecule has 3 fully saturated rings. The van der Waals surface area contributed by atoms with E-state index in [1.807, 2.05) is 18.2 Å². The van der Waals surface area contributed by atoms with Crippen LogP contribution in [0.3, 0.4) is 0 Å². The average molecular weight is 300 g/mol. The third-order valence-corrected chi connectivity index (χ3v) is 6.15. The Labute approximate surface area is 128 Å². The Morgan fingerprint density at radius 3 is 3.00 bits per heavy atom. The average Bonchev–Trinajstić information content (AvgIpc) is 2.99. The third kappa shape index (κ3) is 1.45. The monoisotopic (exact) mass is 300 g/mol. The molecule has 116 valence electrons. The van der Waals surface area contributed by atoms with Crippen molar-refractivity contribution < 1.29 is 9.15 Å². The summed E-state index contributed by atoms with van der Waals surface area (Å²) < 4.78 is 12.7. The van der Waals surface area contributed by atoms with E-state index in [9.17, 15) is 4.79 Å². The highest BCUT2D eigenvalue weighted by molar-refractivity contribution is 5.77. The van der Waals surface area contributed by atoms with Crippen LogP contribution in [0.1, 0.15) is 25.7 Å². The molecule has 3 atom stereocenters. The standard InChI is InChI=1S/C17H20N2O3/c1-19-12-9-10(3-4-13(12)22-16(19)20)18-14-11-5-8-21-15(11)17(14)6-2-7-17/h3-4,9,11,14-15,18H,2,5-8H2,1H3/t11-,14-,15-/m0/s1. The van der Waals surface area contributed by atoms with E-state index in [1.165, 1.54) is 19.3 Å². The van der Waals surface area contributed by atoms with Gasteiger partial charge in [-0.05, 0) is 37.5 Å². The van der Waals surface area contributed by atoms with Crippen LogP contribution in [0, 0.1) is 11.3 Å². The maximum atomic E-state index is 11.6. The van der Waals surface area contributed by atoms with Gasteiger partial charge in [-0.25, -0.2) is 4.79 Å². The molecule has 0 unspecified atom stereocenters. The topological polar surface area (TPSA) is 56.4 Å². The molecule has 5 heteroatoms. The SMILES string of the molecule is Cn1c(=O)oc2ccc(N[C@H]3[C@@H]4CCO[C@@H]4C34CCC4)cc21. The molecular weight excluding hydrogens is 280 g/mol. The summed E-state index contributed by atoms with van der Waals surface area (Å²) in [6, 6.07) is 6.43. The maximum Gasteiger partial charge on any atom is 0.419 e. The zero-order chi connectivity index (χ0) is 14.9. The van der Waals surface area contributed by atoms with Crippen LogP contribution in [0.25, 0.3) is 11.1 Å².